The molecule has 0 aliphatic heterocycles. The molecule has 3 unspecified atom stereocenters. The fourth-order valence-electron chi connectivity index (χ4n) is 0.905. The van der Waals surface area contributed by atoms with Crippen molar-refractivity contribution in [2.75, 3.05) is 6.54 Å². The Morgan fingerprint density at radius 3 is 2.31 bits per heavy atom. The highest BCUT2D eigenvalue weighted by molar-refractivity contribution is 5.72. The standard InChI is InChI=1S/C7H16N2O4/c8-3-1-2-4(9)5(10)6(11)7(12)13/h4-6,10-11H,1-3,8-9H2,(H,12,13). The van der Waals surface area contributed by atoms with Gasteiger partial charge >= 0.3 is 5.97 Å². The predicted octanol–water partition coefficient (Wildman–Crippen LogP) is -2.14. The number of hydrogen-bond donors (Lipinski definition) is 5. The Labute approximate surface area is 76.2 Å². The van der Waals surface area contributed by atoms with Gasteiger partial charge in [0.1, 0.15) is 6.10 Å². The molecule has 0 rings (SSSR count). The first-order valence-corrected chi connectivity index (χ1v) is 4.05. The van der Waals surface area contributed by atoms with Crippen LogP contribution in [-0.2, 0) is 4.79 Å². The molecule has 0 saturated heterocycles. The molecule has 0 spiro atoms. The van der Waals surface area contributed by atoms with E-state index in [1.54, 1.807) is 0 Å². The van der Waals surface area contributed by atoms with Crippen LogP contribution in [0.3, 0.4) is 0 Å². The molecule has 7 N–H and O–H groups in total. The van der Waals surface area contributed by atoms with Gasteiger partial charge in [0.2, 0.25) is 0 Å². The van der Waals surface area contributed by atoms with Crippen LogP contribution in [-0.4, -0.2) is 46.1 Å². The molecule has 0 fully saturated rings. The third-order valence-electron chi connectivity index (χ3n) is 1.76. The van der Waals surface area contributed by atoms with Crippen LogP contribution in [0.1, 0.15) is 12.8 Å². The molecule has 6 heteroatoms. The Bertz CT molecular complexity index is 165. The summed E-state index contributed by atoms with van der Waals surface area (Å²) in [5.74, 6) is -1.48. The second-order valence-corrected chi connectivity index (χ2v) is 2.87. The smallest absolute Gasteiger partial charge is 0.335 e. The van der Waals surface area contributed by atoms with E-state index in [4.69, 9.17) is 21.7 Å². The van der Waals surface area contributed by atoms with E-state index in [9.17, 15) is 9.90 Å². The van der Waals surface area contributed by atoms with Gasteiger partial charge in [-0.3, -0.25) is 0 Å². The van der Waals surface area contributed by atoms with Crippen LogP contribution in [0.15, 0.2) is 0 Å². The van der Waals surface area contributed by atoms with Gasteiger partial charge in [0.15, 0.2) is 6.10 Å². The first-order chi connectivity index (χ1) is 6.00. The number of nitrogens with two attached hydrogens (primary N) is 2. The number of carboxylic acids is 1. The average molecular weight is 192 g/mol. The molecule has 13 heavy (non-hydrogen) atoms. The van der Waals surface area contributed by atoms with E-state index in [1.165, 1.54) is 0 Å². The van der Waals surface area contributed by atoms with Crippen LogP contribution in [0.25, 0.3) is 0 Å². The Hall–Kier alpha value is -0.690. The van der Waals surface area contributed by atoms with Gasteiger partial charge < -0.3 is 26.8 Å². The third-order valence-corrected chi connectivity index (χ3v) is 1.76. The van der Waals surface area contributed by atoms with E-state index in [0.29, 0.717) is 19.4 Å². The average Bonchev–Trinajstić information content (AvgIpc) is 2.11. The SMILES string of the molecule is NCCCC(N)C(O)C(O)C(=O)O. The van der Waals surface area contributed by atoms with E-state index in [2.05, 4.69) is 0 Å². The summed E-state index contributed by atoms with van der Waals surface area (Å²) < 4.78 is 0. The summed E-state index contributed by atoms with van der Waals surface area (Å²) in [5, 5.41) is 26.4. The molecule has 0 radical (unpaired) electrons. The molecule has 0 heterocycles. The molecule has 0 saturated carbocycles. The van der Waals surface area contributed by atoms with Gasteiger partial charge in [-0.15, -0.1) is 0 Å². The van der Waals surface area contributed by atoms with Gasteiger partial charge in [-0.2, -0.15) is 0 Å². The minimum Gasteiger partial charge on any atom is -0.479 e. The quantitative estimate of drug-likeness (QED) is 0.326. The third kappa shape index (κ3) is 4.18. The van der Waals surface area contributed by atoms with Gasteiger partial charge in [-0.05, 0) is 19.4 Å². The van der Waals surface area contributed by atoms with Crippen molar-refractivity contribution in [3.63, 3.8) is 0 Å². The van der Waals surface area contributed by atoms with Gasteiger partial charge in [0, 0.05) is 6.04 Å². The van der Waals surface area contributed by atoms with Crippen molar-refractivity contribution in [1.29, 1.82) is 0 Å². The normalized spacial score (nSPS) is 17.8. The zero-order valence-corrected chi connectivity index (χ0v) is 7.26. The van der Waals surface area contributed by atoms with E-state index in [-0.39, 0.29) is 0 Å². The Balaban J connectivity index is 3.93. The maximum absolute atomic E-state index is 10.2. The van der Waals surface area contributed by atoms with Gasteiger partial charge in [0.25, 0.3) is 0 Å². The molecular formula is C7H16N2O4. The first kappa shape index (κ1) is 12.3. The van der Waals surface area contributed by atoms with Crippen molar-refractivity contribution in [2.24, 2.45) is 11.5 Å². The number of rotatable bonds is 6. The van der Waals surface area contributed by atoms with Crippen molar-refractivity contribution in [2.45, 2.75) is 31.1 Å². The largest absolute Gasteiger partial charge is 0.479 e. The topological polar surface area (TPSA) is 130 Å². The maximum Gasteiger partial charge on any atom is 0.335 e. The molecular weight excluding hydrogens is 176 g/mol. The lowest BCUT2D eigenvalue weighted by Gasteiger charge is -2.20. The van der Waals surface area contributed by atoms with Crippen LogP contribution < -0.4 is 11.5 Å². The summed E-state index contributed by atoms with van der Waals surface area (Å²) >= 11 is 0. The number of aliphatic carboxylic acids is 1. The Kier molecular flexibility index (Phi) is 5.56. The summed E-state index contributed by atoms with van der Waals surface area (Å²) in [6.45, 7) is 0.420. The predicted molar refractivity (Wildman–Crippen MR) is 45.9 cm³/mol. The van der Waals surface area contributed by atoms with Crippen molar-refractivity contribution < 1.29 is 20.1 Å². The Morgan fingerprint density at radius 1 is 1.38 bits per heavy atom. The van der Waals surface area contributed by atoms with E-state index < -0.39 is 24.2 Å². The van der Waals surface area contributed by atoms with Gasteiger partial charge in [0.05, 0.1) is 0 Å². The minimum absolute atomic E-state index is 0.391. The fourth-order valence-corrected chi connectivity index (χ4v) is 0.905. The van der Waals surface area contributed by atoms with Crippen molar-refractivity contribution >= 4 is 5.97 Å². The van der Waals surface area contributed by atoms with Crippen molar-refractivity contribution in [3.8, 4) is 0 Å². The minimum atomic E-state index is -1.83. The highest BCUT2D eigenvalue weighted by Gasteiger charge is 2.28. The molecule has 78 valence electrons. The summed E-state index contributed by atoms with van der Waals surface area (Å²) in [6.07, 6.45) is -2.29. The lowest BCUT2D eigenvalue weighted by molar-refractivity contribution is -0.153. The monoisotopic (exact) mass is 192 g/mol. The van der Waals surface area contributed by atoms with Gasteiger partial charge in [-0.1, -0.05) is 0 Å². The molecule has 0 bridgehead atoms. The van der Waals surface area contributed by atoms with E-state index in [1.807, 2.05) is 0 Å². The molecule has 0 aliphatic rings. The lowest BCUT2D eigenvalue weighted by Crippen LogP contribution is -2.46. The molecule has 0 aliphatic carbocycles. The summed E-state index contributed by atoms with van der Waals surface area (Å²) in [7, 11) is 0. The maximum atomic E-state index is 10.2. The number of carboxylic acid groups (broad SMARTS) is 1. The summed E-state index contributed by atoms with van der Waals surface area (Å²) in [6, 6.07) is -0.755. The fraction of sp³-hybridized carbons (Fsp3) is 0.857. The van der Waals surface area contributed by atoms with E-state index in [0.717, 1.165) is 0 Å². The van der Waals surface area contributed by atoms with Crippen LogP contribution in [0.2, 0.25) is 0 Å². The van der Waals surface area contributed by atoms with Crippen LogP contribution in [0.5, 0.6) is 0 Å². The molecule has 0 amide bonds. The van der Waals surface area contributed by atoms with Crippen molar-refractivity contribution in [3.05, 3.63) is 0 Å². The molecule has 0 aromatic rings. The lowest BCUT2D eigenvalue weighted by atomic mass is 10.0. The van der Waals surface area contributed by atoms with Crippen LogP contribution in [0.4, 0.5) is 0 Å². The van der Waals surface area contributed by atoms with Gasteiger partial charge in [-0.25, -0.2) is 4.79 Å². The van der Waals surface area contributed by atoms with Crippen LogP contribution in [0, 0.1) is 0 Å². The summed E-state index contributed by atoms with van der Waals surface area (Å²) in [5.41, 5.74) is 10.6. The molecule has 6 nitrogen and oxygen atoms in total. The highest BCUT2D eigenvalue weighted by Crippen LogP contribution is 2.04. The van der Waals surface area contributed by atoms with E-state index >= 15 is 0 Å². The highest BCUT2D eigenvalue weighted by atomic mass is 16.4. The zero-order chi connectivity index (χ0) is 10.4. The number of aliphatic hydroxyl groups is 2. The number of hydrogen-bond acceptors (Lipinski definition) is 5. The summed E-state index contributed by atoms with van der Waals surface area (Å²) in [4.78, 5) is 10.2. The second kappa shape index (κ2) is 5.87. The number of carbonyl (C=O) groups is 1. The van der Waals surface area contributed by atoms with Crippen LogP contribution >= 0.6 is 0 Å². The Morgan fingerprint density at radius 2 is 1.92 bits per heavy atom. The molecule has 0 aromatic carbocycles. The second-order valence-electron chi connectivity index (χ2n) is 2.87. The van der Waals surface area contributed by atoms with Crippen molar-refractivity contribution in [1.82, 2.24) is 0 Å². The first-order valence-electron chi connectivity index (χ1n) is 4.05. The number of aliphatic hydroxyl groups excluding tert-OH is 2. The zero-order valence-electron chi connectivity index (χ0n) is 7.26. The molecule has 0 aromatic heterocycles. The molecule has 3 atom stereocenters.